The average molecular weight is 302 g/mol. The van der Waals surface area contributed by atoms with Crippen LogP contribution in [0.4, 0.5) is 0 Å². The molecule has 1 aliphatic rings. The highest BCUT2D eigenvalue weighted by Gasteiger charge is 2.15. The Morgan fingerprint density at radius 2 is 1.50 bits per heavy atom. The number of hydrogen-bond donors (Lipinski definition) is 0. The fourth-order valence-corrected chi connectivity index (χ4v) is 3.32. The van der Waals surface area contributed by atoms with Crippen LogP contribution in [0.3, 0.4) is 0 Å². The molecule has 0 heterocycles. The largest absolute Gasteiger partial charge is 0.0654 e. The van der Waals surface area contributed by atoms with E-state index in [0.29, 0.717) is 0 Å². The molecule has 2 unspecified atom stereocenters. The zero-order valence-corrected chi connectivity index (χ0v) is 15.5. The average Bonchev–Trinajstić information content (AvgIpc) is 2.56. The van der Waals surface area contributed by atoms with Gasteiger partial charge in [-0.2, -0.15) is 0 Å². The van der Waals surface area contributed by atoms with E-state index >= 15 is 0 Å². The van der Waals surface area contributed by atoms with Crippen LogP contribution >= 0.6 is 0 Å². The van der Waals surface area contributed by atoms with E-state index in [2.05, 4.69) is 46.3 Å². The van der Waals surface area contributed by atoms with Gasteiger partial charge in [0.15, 0.2) is 0 Å². The molecule has 2 atom stereocenters. The summed E-state index contributed by atoms with van der Waals surface area (Å²) in [5, 5.41) is 0. The van der Waals surface area contributed by atoms with Crippen molar-refractivity contribution in [2.75, 3.05) is 0 Å². The molecule has 0 spiro atoms. The Hall–Kier alpha value is -0.520. The Kier molecular flexibility index (Phi) is 10.6. The minimum atomic E-state index is 0.843. The molecule has 0 aromatic heterocycles. The van der Waals surface area contributed by atoms with Crippen LogP contribution in [0.1, 0.15) is 98.3 Å². The van der Waals surface area contributed by atoms with E-state index in [1.54, 1.807) is 0 Å². The third-order valence-electron chi connectivity index (χ3n) is 5.11. The van der Waals surface area contributed by atoms with Crippen LogP contribution in [0.5, 0.6) is 0 Å². The first-order chi connectivity index (χ1) is 10.7. The molecule has 125 valence electrons. The summed E-state index contributed by atoms with van der Waals surface area (Å²) in [6.45, 7) is 9.24. The van der Waals surface area contributed by atoms with Gasteiger partial charge in [0.25, 0.3) is 0 Å². The molecule has 3 radical (unpaired) electrons. The standard InChI is InChI=1S/C22H37/c1-5-9-11-19(7-3)17-21-13-15-22(16-14-21)18-20(8-4)12-10-6-2/h13,19-20H,5-12,16-18H2,1-4H3. The van der Waals surface area contributed by atoms with Crippen molar-refractivity contribution >= 4 is 0 Å². The van der Waals surface area contributed by atoms with Gasteiger partial charge >= 0.3 is 0 Å². The minimum absolute atomic E-state index is 0.843. The lowest BCUT2D eigenvalue weighted by Gasteiger charge is -2.21. The van der Waals surface area contributed by atoms with Crippen LogP contribution in [-0.4, -0.2) is 0 Å². The van der Waals surface area contributed by atoms with Crippen molar-refractivity contribution < 1.29 is 0 Å². The SMILES string of the molecule is CCCCC(CC)CC1=[C]C=C(CC(CC)CCCC)[C]C1. The van der Waals surface area contributed by atoms with Gasteiger partial charge in [0.05, 0.1) is 0 Å². The summed E-state index contributed by atoms with van der Waals surface area (Å²) in [6.07, 6.45) is 23.7. The Labute approximate surface area is 140 Å². The Balaban J connectivity index is 2.45. The molecule has 0 N–H and O–H groups in total. The Bertz CT molecular complexity index is 300. The number of allylic oxidation sites excluding steroid dienone is 4. The van der Waals surface area contributed by atoms with E-state index in [-0.39, 0.29) is 0 Å². The maximum Gasteiger partial charge on any atom is 0.0164 e. The van der Waals surface area contributed by atoms with Crippen LogP contribution in [-0.2, 0) is 0 Å². The molecular weight excluding hydrogens is 264 g/mol. The van der Waals surface area contributed by atoms with Gasteiger partial charge in [-0.1, -0.05) is 96.3 Å². The molecule has 0 nitrogen and oxygen atoms in total. The third kappa shape index (κ3) is 7.65. The van der Waals surface area contributed by atoms with E-state index in [9.17, 15) is 0 Å². The summed E-state index contributed by atoms with van der Waals surface area (Å²) in [5.41, 5.74) is 2.89. The summed E-state index contributed by atoms with van der Waals surface area (Å²) in [7, 11) is 0. The van der Waals surface area contributed by atoms with E-state index < -0.39 is 0 Å². The smallest absolute Gasteiger partial charge is 0.0164 e. The summed E-state index contributed by atoms with van der Waals surface area (Å²) in [4.78, 5) is 0. The highest BCUT2D eigenvalue weighted by atomic mass is 14.2. The van der Waals surface area contributed by atoms with Gasteiger partial charge in [-0.05, 0) is 37.2 Å². The zero-order chi connectivity index (χ0) is 16.2. The molecule has 0 saturated carbocycles. The van der Waals surface area contributed by atoms with E-state index in [4.69, 9.17) is 0 Å². The second-order valence-electron chi connectivity index (χ2n) is 7.01. The maximum absolute atomic E-state index is 3.66. The molecule has 0 aromatic carbocycles. The van der Waals surface area contributed by atoms with Gasteiger partial charge in [-0.25, -0.2) is 0 Å². The molecule has 0 fully saturated rings. The molecular formula is C22H37. The fourth-order valence-electron chi connectivity index (χ4n) is 3.32. The van der Waals surface area contributed by atoms with Gasteiger partial charge in [0.1, 0.15) is 0 Å². The van der Waals surface area contributed by atoms with Crippen LogP contribution in [0, 0.1) is 24.3 Å². The van der Waals surface area contributed by atoms with Gasteiger partial charge < -0.3 is 0 Å². The second kappa shape index (κ2) is 12.0. The fraction of sp³-hybridized carbons (Fsp3) is 0.773. The van der Waals surface area contributed by atoms with E-state index in [1.165, 1.54) is 75.4 Å². The Morgan fingerprint density at radius 1 is 0.909 bits per heavy atom. The van der Waals surface area contributed by atoms with Crippen molar-refractivity contribution in [2.24, 2.45) is 11.8 Å². The minimum Gasteiger partial charge on any atom is -0.0654 e. The molecule has 1 aliphatic carbocycles. The highest BCUT2D eigenvalue weighted by Crippen LogP contribution is 2.30. The van der Waals surface area contributed by atoms with Crippen LogP contribution in [0.25, 0.3) is 0 Å². The first-order valence-corrected chi connectivity index (χ1v) is 9.77. The summed E-state index contributed by atoms with van der Waals surface area (Å²) in [5.74, 6) is 1.70. The molecule has 0 amide bonds. The molecule has 22 heavy (non-hydrogen) atoms. The lowest BCUT2D eigenvalue weighted by molar-refractivity contribution is 0.439. The van der Waals surface area contributed by atoms with E-state index in [1.807, 2.05) is 0 Å². The van der Waals surface area contributed by atoms with Crippen LogP contribution in [0.2, 0.25) is 0 Å². The number of rotatable bonds is 12. The first-order valence-electron chi connectivity index (χ1n) is 9.77. The second-order valence-corrected chi connectivity index (χ2v) is 7.01. The monoisotopic (exact) mass is 301 g/mol. The molecule has 0 aliphatic heterocycles. The Morgan fingerprint density at radius 3 is 1.95 bits per heavy atom. The van der Waals surface area contributed by atoms with Gasteiger partial charge in [-0.3, -0.25) is 0 Å². The molecule has 1 rings (SSSR count). The lowest BCUT2D eigenvalue weighted by atomic mass is 9.84. The summed E-state index contributed by atoms with van der Waals surface area (Å²) >= 11 is 0. The highest BCUT2D eigenvalue weighted by molar-refractivity contribution is 5.28. The predicted molar refractivity (Wildman–Crippen MR) is 98.5 cm³/mol. The van der Waals surface area contributed by atoms with Crippen molar-refractivity contribution in [3.63, 3.8) is 0 Å². The van der Waals surface area contributed by atoms with E-state index in [0.717, 1.165) is 18.3 Å². The maximum atomic E-state index is 3.66. The zero-order valence-electron chi connectivity index (χ0n) is 15.5. The van der Waals surface area contributed by atoms with Crippen molar-refractivity contribution in [3.05, 3.63) is 29.7 Å². The first kappa shape index (κ1) is 19.5. The topological polar surface area (TPSA) is 0 Å². The molecule has 0 bridgehead atoms. The molecule has 0 heteroatoms. The van der Waals surface area contributed by atoms with Crippen molar-refractivity contribution in [1.82, 2.24) is 0 Å². The normalized spacial score (nSPS) is 17.8. The third-order valence-corrected chi connectivity index (χ3v) is 5.11. The quantitative estimate of drug-likeness (QED) is 0.353. The summed E-state index contributed by atoms with van der Waals surface area (Å²) in [6, 6.07) is 0. The summed E-state index contributed by atoms with van der Waals surface area (Å²) < 4.78 is 0. The number of unbranched alkanes of at least 4 members (excludes halogenated alkanes) is 2. The van der Waals surface area contributed by atoms with Crippen LogP contribution in [0.15, 0.2) is 17.2 Å². The van der Waals surface area contributed by atoms with Crippen molar-refractivity contribution in [3.8, 4) is 0 Å². The lowest BCUT2D eigenvalue weighted by Crippen LogP contribution is -2.06. The van der Waals surface area contributed by atoms with Gasteiger partial charge in [-0.15, -0.1) is 0 Å². The number of hydrogen-bond acceptors (Lipinski definition) is 0. The van der Waals surface area contributed by atoms with Crippen molar-refractivity contribution in [2.45, 2.75) is 98.3 Å². The molecule has 0 aromatic rings. The van der Waals surface area contributed by atoms with Crippen molar-refractivity contribution in [1.29, 1.82) is 0 Å². The van der Waals surface area contributed by atoms with Crippen LogP contribution < -0.4 is 0 Å². The van der Waals surface area contributed by atoms with Gasteiger partial charge in [0, 0.05) is 6.42 Å². The predicted octanol–water partition coefficient (Wildman–Crippen LogP) is 7.34. The molecule has 0 saturated heterocycles. The van der Waals surface area contributed by atoms with Gasteiger partial charge in [0.2, 0.25) is 0 Å².